The van der Waals surface area contributed by atoms with Crippen LogP contribution in [0.5, 0.6) is 17.2 Å². The number of methoxy groups -OCH3 is 2. The highest BCUT2D eigenvalue weighted by molar-refractivity contribution is 6.00. The van der Waals surface area contributed by atoms with Crippen molar-refractivity contribution in [3.05, 3.63) is 108 Å². The van der Waals surface area contributed by atoms with Crippen LogP contribution in [0.2, 0.25) is 0 Å². The highest BCUT2D eigenvalue weighted by Gasteiger charge is 2.57. The number of benzene rings is 4. The van der Waals surface area contributed by atoms with Gasteiger partial charge in [-0.2, -0.15) is 0 Å². The van der Waals surface area contributed by atoms with E-state index in [1.54, 1.807) is 14.2 Å². The zero-order chi connectivity index (χ0) is 28.5. The Morgan fingerprint density at radius 2 is 1.46 bits per heavy atom. The first-order valence-electron chi connectivity index (χ1n) is 13.6. The van der Waals surface area contributed by atoms with Gasteiger partial charge in [-0.3, -0.25) is 9.59 Å². The Morgan fingerprint density at radius 1 is 0.829 bits per heavy atom. The van der Waals surface area contributed by atoms with Gasteiger partial charge >= 0.3 is 5.97 Å². The Labute approximate surface area is 238 Å². The summed E-state index contributed by atoms with van der Waals surface area (Å²) in [5.74, 6) is -0.308. The van der Waals surface area contributed by atoms with Gasteiger partial charge in [0.15, 0.2) is 0 Å². The average molecular weight is 550 g/mol. The van der Waals surface area contributed by atoms with E-state index >= 15 is 0 Å². The SMILES string of the molecule is COc1ccccc1C1C(COc2cccc(-c3ccc4c(c3)NC(=O)C4)c2)[C@H](c2ccccc2OC)[C@@H]1C(=O)O. The quantitative estimate of drug-likeness (QED) is 0.260. The fourth-order valence-electron chi connectivity index (χ4n) is 6.43. The number of ether oxygens (including phenoxy) is 3. The van der Waals surface area contributed by atoms with Crippen molar-refractivity contribution in [2.75, 3.05) is 26.1 Å². The number of aliphatic carboxylic acids is 1. The summed E-state index contributed by atoms with van der Waals surface area (Å²) in [4.78, 5) is 24.5. The van der Waals surface area contributed by atoms with Gasteiger partial charge in [0.2, 0.25) is 5.91 Å². The number of amides is 1. The van der Waals surface area contributed by atoms with E-state index in [4.69, 9.17) is 14.2 Å². The molecule has 1 saturated carbocycles. The lowest BCUT2D eigenvalue weighted by Gasteiger charge is -2.50. The normalized spacial score (nSPS) is 20.9. The molecule has 4 aromatic carbocycles. The number of nitrogens with one attached hydrogen (secondary N) is 1. The largest absolute Gasteiger partial charge is 0.496 e. The van der Waals surface area contributed by atoms with Gasteiger partial charge in [-0.25, -0.2) is 0 Å². The van der Waals surface area contributed by atoms with Gasteiger partial charge in [0.25, 0.3) is 0 Å². The number of carbonyl (C=O) groups excluding carboxylic acids is 1. The molecule has 2 aliphatic rings. The Hall–Kier alpha value is -4.78. The van der Waals surface area contributed by atoms with Crippen LogP contribution >= 0.6 is 0 Å². The van der Waals surface area contributed by atoms with Crippen molar-refractivity contribution >= 4 is 17.6 Å². The van der Waals surface area contributed by atoms with Crippen LogP contribution < -0.4 is 19.5 Å². The van der Waals surface area contributed by atoms with Crippen molar-refractivity contribution in [2.45, 2.75) is 18.3 Å². The van der Waals surface area contributed by atoms with Crippen LogP contribution in [0.3, 0.4) is 0 Å². The molecule has 41 heavy (non-hydrogen) atoms. The molecule has 6 rings (SSSR count). The van der Waals surface area contributed by atoms with Crippen LogP contribution in [0.15, 0.2) is 91.0 Å². The zero-order valence-corrected chi connectivity index (χ0v) is 22.9. The second-order valence-electron chi connectivity index (χ2n) is 10.5. The molecule has 0 saturated heterocycles. The minimum atomic E-state index is -0.862. The summed E-state index contributed by atoms with van der Waals surface area (Å²) in [6.07, 6.45) is 0.401. The summed E-state index contributed by atoms with van der Waals surface area (Å²) in [7, 11) is 3.21. The molecule has 7 heteroatoms. The first-order valence-corrected chi connectivity index (χ1v) is 13.6. The Kier molecular flexibility index (Phi) is 7.10. The number of rotatable bonds is 9. The highest BCUT2D eigenvalue weighted by Crippen LogP contribution is 2.60. The molecule has 0 radical (unpaired) electrons. The number of fused-ring (bicyclic) bond motifs is 1. The second-order valence-corrected chi connectivity index (χ2v) is 10.5. The van der Waals surface area contributed by atoms with Crippen molar-refractivity contribution in [1.82, 2.24) is 0 Å². The number of para-hydroxylation sites is 2. The molecule has 2 N–H and O–H groups in total. The fraction of sp³-hybridized carbons (Fsp3) is 0.235. The predicted octanol–water partition coefficient (Wildman–Crippen LogP) is 6.14. The van der Waals surface area contributed by atoms with E-state index in [9.17, 15) is 14.7 Å². The average Bonchev–Trinajstić information content (AvgIpc) is 3.36. The van der Waals surface area contributed by atoms with Gasteiger partial charge < -0.3 is 24.6 Å². The molecule has 208 valence electrons. The maximum absolute atomic E-state index is 12.7. The van der Waals surface area contributed by atoms with Crippen LogP contribution in [0.1, 0.15) is 28.5 Å². The van der Waals surface area contributed by atoms with Gasteiger partial charge in [-0.05, 0) is 58.1 Å². The van der Waals surface area contributed by atoms with Gasteiger partial charge in [-0.15, -0.1) is 0 Å². The van der Waals surface area contributed by atoms with E-state index in [1.807, 2.05) is 91.0 Å². The number of carbonyl (C=O) groups is 2. The number of hydrogen-bond acceptors (Lipinski definition) is 5. The van der Waals surface area contributed by atoms with Crippen LogP contribution in [0.25, 0.3) is 11.1 Å². The molecule has 0 spiro atoms. The number of carboxylic acid groups (broad SMARTS) is 1. The lowest BCUT2D eigenvalue weighted by molar-refractivity contribution is -0.151. The molecular formula is C34H31NO6. The van der Waals surface area contributed by atoms with E-state index in [0.717, 1.165) is 33.5 Å². The fourth-order valence-corrected chi connectivity index (χ4v) is 6.43. The molecular weight excluding hydrogens is 518 g/mol. The van der Waals surface area contributed by atoms with Crippen molar-refractivity contribution in [3.63, 3.8) is 0 Å². The summed E-state index contributed by atoms with van der Waals surface area (Å²) < 4.78 is 17.7. The van der Waals surface area contributed by atoms with Crippen LogP contribution in [0, 0.1) is 11.8 Å². The topological polar surface area (TPSA) is 94.1 Å². The lowest BCUT2D eigenvalue weighted by Crippen LogP contribution is -2.50. The number of carboxylic acids is 1. The minimum absolute atomic E-state index is 0.00333. The minimum Gasteiger partial charge on any atom is -0.496 e. The molecule has 4 aromatic rings. The third-order valence-electron chi connectivity index (χ3n) is 8.32. The Balaban J connectivity index is 1.32. The summed E-state index contributed by atoms with van der Waals surface area (Å²) >= 11 is 0. The van der Waals surface area contributed by atoms with Gasteiger partial charge in [0, 0.05) is 23.4 Å². The molecule has 1 aliphatic carbocycles. The van der Waals surface area contributed by atoms with E-state index in [2.05, 4.69) is 5.32 Å². The molecule has 1 fully saturated rings. The molecule has 0 aromatic heterocycles. The smallest absolute Gasteiger partial charge is 0.307 e. The van der Waals surface area contributed by atoms with Gasteiger partial charge in [0.05, 0.1) is 33.2 Å². The Morgan fingerprint density at radius 3 is 2.10 bits per heavy atom. The van der Waals surface area contributed by atoms with Gasteiger partial charge in [0.1, 0.15) is 17.2 Å². The lowest BCUT2D eigenvalue weighted by atomic mass is 9.52. The van der Waals surface area contributed by atoms with Crippen LogP contribution in [0.4, 0.5) is 5.69 Å². The molecule has 7 nitrogen and oxygen atoms in total. The Bertz CT molecular complexity index is 1560. The molecule has 1 heterocycles. The molecule has 4 atom stereocenters. The maximum atomic E-state index is 12.7. The third-order valence-corrected chi connectivity index (χ3v) is 8.32. The molecule has 0 bridgehead atoms. The summed E-state index contributed by atoms with van der Waals surface area (Å²) in [6, 6.07) is 29.0. The first kappa shape index (κ1) is 26.4. The van der Waals surface area contributed by atoms with Crippen LogP contribution in [-0.2, 0) is 16.0 Å². The monoisotopic (exact) mass is 549 g/mol. The van der Waals surface area contributed by atoms with Crippen molar-refractivity contribution in [3.8, 4) is 28.4 Å². The van der Waals surface area contributed by atoms with Gasteiger partial charge in [-0.1, -0.05) is 60.7 Å². The van der Waals surface area contributed by atoms with E-state index in [1.165, 1.54) is 0 Å². The third kappa shape index (κ3) is 4.88. The second kappa shape index (κ2) is 11.0. The molecule has 1 aliphatic heterocycles. The van der Waals surface area contributed by atoms with Crippen LogP contribution in [-0.4, -0.2) is 37.8 Å². The van der Waals surface area contributed by atoms with E-state index in [0.29, 0.717) is 30.3 Å². The van der Waals surface area contributed by atoms with Crippen molar-refractivity contribution in [2.24, 2.45) is 11.8 Å². The van der Waals surface area contributed by atoms with E-state index < -0.39 is 11.9 Å². The number of anilines is 1. The van der Waals surface area contributed by atoms with E-state index in [-0.39, 0.29) is 23.7 Å². The predicted molar refractivity (Wildman–Crippen MR) is 156 cm³/mol. The first-order chi connectivity index (χ1) is 20.0. The summed E-state index contributed by atoms with van der Waals surface area (Å²) in [5.41, 5.74) is 5.49. The number of hydrogen-bond donors (Lipinski definition) is 2. The summed E-state index contributed by atoms with van der Waals surface area (Å²) in [6.45, 7) is 0.304. The van der Waals surface area contributed by atoms with Crippen molar-refractivity contribution < 1.29 is 28.9 Å². The standard InChI is InChI=1S/C34H31NO6/c1-39-28-12-5-3-10-24(28)31-26(32(33(31)34(37)38)25-11-4-6-13-29(25)40-2)19-41-23-9-7-8-20(16-23)21-14-15-22-18-30(36)35-27(22)17-21/h3-17,26,31-33H,18-19H2,1-2H3,(H,35,36)(H,37,38)/t26?,31-,32?,33-/m0/s1. The highest BCUT2D eigenvalue weighted by atomic mass is 16.5. The van der Waals surface area contributed by atoms with Crippen molar-refractivity contribution in [1.29, 1.82) is 0 Å². The maximum Gasteiger partial charge on any atom is 0.307 e. The molecule has 1 amide bonds. The summed E-state index contributed by atoms with van der Waals surface area (Å²) in [5, 5.41) is 13.3. The molecule has 2 unspecified atom stereocenters. The zero-order valence-electron chi connectivity index (χ0n) is 22.9.